The number of hydrogen-bond donors (Lipinski definition) is 0. The van der Waals surface area contributed by atoms with Gasteiger partial charge in [0.1, 0.15) is 0 Å². The first kappa shape index (κ1) is 14.1. The number of amides is 2. The summed E-state index contributed by atoms with van der Waals surface area (Å²) in [5.74, 6) is -0.106. The third-order valence-electron chi connectivity index (χ3n) is 4.11. The number of hydrogen-bond acceptors (Lipinski definition) is 3. The molecule has 2 amide bonds. The fraction of sp³-hybridized carbons (Fsp3) is 0.500. The quantitative estimate of drug-likeness (QED) is 0.822. The predicted octanol–water partition coefficient (Wildman–Crippen LogP) is 1.21. The van der Waals surface area contributed by atoms with Crippen molar-refractivity contribution in [1.29, 1.82) is 0 Å². The first-order valence-corrected chi connectivity index (χ1v) is 7.39. The van der Waals surface area contributed by atoms with Crippen molar-refractivity contribution in [3.05, 3.63) is 29.8 Å². The number of aryl methyl sites for hydroxylation is 1. The van der Waals surface area contributed by atoms with Crippen molar-refractivity contribution >= 4 is 17.5 Å². The van der Waals surface area contributed by atoms with Crippen LogP contribution in [-0.4, -0.2) is 49.6 Å². The van der Waals surface area contributed by atoms with Crippen LogP contribution in [0.5, 0.6) is 0 Å². The number of benzene rings is 1. The minimum absolute atomic E-state index is 0.0345. The Morgan fingerprint density at radius 2 is 2.05 bits per heavy atom. The maximum Gasteiger partial charge on any atom is 0.228 e. The maximum absolute atomic E-state index is 12.5. The lowest BCUT2D eigenvalue weighted by Gasteiger charge is -2.29. The molecule has 5 heteroatoms. The molecule has 5 nitrogen and oxygen atoms in total. The molecule has 0 unspecified atom stereocenters. The van der Waals surface area contributed by atoms with Crippen molar-refractivity contribution in [3.8, 4) is 0 Å². The molecule has 2 heterocycles. The minimum atomic E-state index is -0.226. The highest BCUT2D eigenvalue weighted by molar-refractivity contribution is 6.00. The van der Waals surface area contributed by atoms with E-state index in [1.165, 1.54) is 0 Å². The van der Waals surface area contributed by atoms with E-state index in [4.69, 9.17) is 4.74 Å². The molecule has 2 saturated heterocycles. The van der Waals surface area contributed by atoms with Gasteiger partial charge in [0.25, 0.3) is 0 Å². The highest BCUT2D eigenvalue weighted by Crippen LogP contribution is 2.27. The number of ether oxygens (including phenoxy) is 1. The summed E-state index contributed by atoms with van der Waals surface area (Å²) in [4.78, 5) is 28.2. The number of carbonyl (C=O) groups excluding carboxylic acids is 2. The summed E-state index contributed by atoms with van der Waals surface area (Å²) in [6, 6.07) is 7.85. The molecule has 1 aromatic rings. The summed E-state index contributed by atoms with van der Waals surface area (Å²) < 4.78 is 5.27. The number of nitrogens with zero attached hydrogens (tertiary/aromatic N) is 2. The molecule has 0 saturated carbocycles. The Morgan fingerprint density at radius 1 is 1.29 bits per heavy atom. The van der Waals surface area contributed by atoms with Gasteiger partial charge in [-0.3, -0.25) is 9.59 Å². The SMILES string of the molecule is Cc1cccc(N2C[C@H](C(=O)N3CCOCC3)CC2=O)c1. The van der Waals surface area contributed by atoms with Crippen LogP contribution in [0, 0.1) is 12.8 Å². The van der Waals surface area contributed by atoms with Crippen molar-refractivity contribution in [1.82, 2.24) is 4.90 Å². The average molecular weight is 288 g/mol. The third-order valence-corrected chi connectivity index (χ3v) is 4.11. The van der Waals surface area contributed by atoms with Gasteiger partial charge in [-0.05, 0) is 24.6 Å². The highest BCUT2D eigenvalue weighted by Gasteiger charge is 2.37. The molecule has 0 spiro atoms. The van der Waals surface area contributed by atoms with Crippen LogP contribution in [0.3, 0.4) is 0 Å². The molecule has 2 aliphatic rings. The van der Waals surface area contributed by atoms with E-state index >= 15 is 0 Å². The Labute approximate surface area is 124 Å². The molecule has 2 fully saturated rings. The minimum Gasteiger partial charge on any atom is -0.378 e. The van der Waals surface area contributed by atoms with E-state index in [0.29, 0.717) is 39.3 Å². The predicted molar refractivity (Wildman–Crippen MR) is 79.0 cm³/mol. The van der Waals surface area contributed by atoms with Gasteiger partial charge in [-0.15, -0.1) is 0 Å². The van der Waals surface area contributed by atoms with Gasteiger partial charge in [-0.25, -0.2) is 0 Å². The van der Waals surface area contributed by atoms with Crippen LogP contribution in [0.1, 0.15) is 12.0 Å². The lowest BCUT2D eigenvalue weighted by atomic mass is 10.1. The van der Waals surface area contributed by atoms with Crippen LogP contribution >= 0.6 is 0 Å². The molecule has 0 N–H and O–H groups in total. The second-order valence-electron chi connectivity index (χ2n) is 5.68. The summed E-state index contributed by atoms with van der Waals surface area (Å²) >= 11 is 0. The van der Waals surface area contributed by atoms with Crippen molar-refractivity contribution in [2.75, 3.05) is 37.7 Å². The second kappa shape index (κ2) is 5.85. The van der Waals surface area contributed by atoms with E-state index in [-0.39, 0.29) is 17.7 Å². The molecule has 21 heavy (non-hydrogen) atoms. The molecule has 1 aromatic carbocycles. The lowest BCUT2D eigenvalue weighted by molar-refractivity contribution is -0.139. The van der Waals surface area contributed by atoms with Gasteiger partial charge in [-0.2, -0.15) is 0 Å². The van der Waals surface area contributed by atoms with Crippen LogP contribution < -0.4 is 4.90 Å². The summed E-state index contributed by atoms with van der Waals surface area (Å²) in [6.45, 7) is 4.93. The molecular formula is C16H20N2O3. The van der Waals surface area contributed by atoms with Crippen LogP contribution in [0.15, 0.2) is 24.3 Å². The van der Waals surface area contributed by atoms with Gasteiger partial charge in [0.15, 0.2) is 0 Å². The first-order chi connectivity index (χ1) is 10.1. The number of anilines is 1. The molecule has 3 rings (SSSR count). The van der Waals surface area contributed by atoms with E-state index in [1.807, 2.05) is 36.1 Å². The van der Waals surface area contributed by atoms with Gasteiger partial charge < -0.3 is 14.5 Å². The van der Waals surface area contributed by atoms with Crippen molar-refractivity contribution < 1.29 is 14.3 Å². The number of carbonyl (C=O) groups is 2. The molecule has 1 atom stereocenters. The number of morpholine rings is 1. The van der Waals surface area contributed by atoms with E-state index < -0.39 is 0 Å². The van der Waals surface area contributed by atoms with Crippen molar-refractivity contribution in [2.45, 2.75) is 13.3 Å². The standard InChI is InChI=1S/C16H20N2O3/c1-12-3-2-4-14(9-12)18-11-13(10-15(18)19)16(20)17-5-7-21-8-6-17/h2-4,9,13H,5-8,10-11H2,1H3/t13-/m1/s1. The van der Waals surface area contributed by atoms with Crippen LogP contribution in [0.4, 0.5) is 5.69 Å². The van der Waals surface area contributed by atoms with Crippen LogP contribution in [-0.2, 0) is 14.3 Å². The molecule has 2 aliphatic heterocycles. The maximum atomic E-state index is 12.5. The Balaban J connectivity index is 1.70. The first-order valence-electron chi connectivity index (χ1n) is 7.39. The van der Waals surface area contributed by atoms with Gasteiger partial charge in [0.2, 0.25) is 11.8 Å². The fourth-order valence-electron chi connectivity index (χ4n) is 2.96. The Bertz CT molecular complexity index is 552. The molecule has 0 aromatic heterocycles. The average Bonchev–Trinajstić information content (AvgIpc) is 2.89. The Kier molecular flexibility index (Phi) is 3.92. The molecule has 0 radical (unpaired) electrons. The largest absolute Gasteiger partial charge is 0.378 e. The monoisotopic (exact) mass is 288 g/mol. The van der Waals surface area contributed by atoms with E-state index in [2.05, 4.69) is 0 Å². The lowest BCUT2D eigenvalue weighted by Crippen LogP contribution is -2.44. The smallest absolute Gasteiger partial charge is 0.228 e. The highest BCUT2D eigenvalue weighted by atomic mass is 16.5. The van der Waals surface area contributed by atoms with E-state index in [9.17, 15) is 9.59 Å². The normalized spacial score (nSPS) is 22.7. The summed E-state index contributed by atoms with van der Waals surface area (Å²) in [7, 11) is 0. The van der Waals surface area contributed by atoms with Crippen molar-refractivity contribution in [3.63, 3.8) is 0 Å². The van der Waals surface area contributed by atoms with E-state index in [1.54, 1.807) is 4.90 Å². The second-order valence-corrected chi connectivity index (χ2v) is 5.68. The Morgan fingerprint density at radius 3 is 2.76 bits per heavy atom. The zero-order valence-corrected chi connectivity index (χ0v) is 12.2. The summed E-state index contributed by atoms with van der Waals surface area (Å²) in [5, 5.41) is 0. The van der Waals surface area contributed by atoms with Gasteiger partial charge in [0, 0.05) is 31.7 Å². The van der Waals surface area contributed by atoms with Gasteiger partial charge in [-0.1, -0.05) is 12.1 Å². The van der Waals surface area contributed by atoms with Crippen LogP contribution in [0.2, 0.25) is 0 Å². The molecule has 0 bridgehead atoms. The summed E-state index contributed by atoms with van der Waals surface area (Å²) in [5.41, 5.74) is 2.00. The number of rotatable bonds is 2. The Hall–Kier alpha value is -1.88. The van der Waals surface area contributed by atoms with Gasteiger partial charge in [0.05, 0.1) is 19.1 Å². The van der Waals surface area contributed by atoms with Gasteiger partial charge >= 0.3 is 0 Å². The van der Waals surface area contributed by atoms with Crippen LogP contribution in [0.25, 0.3) is 0 Å². The van der Waals surface area contributed by atoms with Crippen molar-refractivity contribution in [2.24, 2.45) is 5.92 Å². The zero-order valence-electron chi connectivity index (χ0n) is 12.2. The third kappa shape index (κ3) is 2.93. The topological polar surface area (TPSA) is 49.9 Å². The molecule has 0 aliphatic carbocycles. The fourth-order valence-corrected chi connectivity index (χ4v) is 2.96. The molecular weight excluding hydrogens is 268 g/mol. The van der Waals surface area contributed by atoms with E-state index in [0.717, 1.165) is 11.3 Å². The summed E-state index contributed by atoms with van der Waals surface area (Å²) in [6.07, 6.45) is 0.310. The zero-order chi connectivity index (χ0) is 14.8. The molecule has 112 valence electrons.